The molecule has 1 heterocycles. The summed E-state index contributed by atoms with van der Waals surface area (Å²) >= 11 is 0. The topological polar surface area (TPSA) is 64.0 Å². The predicted molar refractivity (Wildman–Crippen MR) is 87.8 cm³/mol. The zero-order valence-electron chi connectivity index (χ0n) is 13.5. The zero-order chi connectivity index (χ0) is 17.0. The molecule has 1 aromatic heterocycles. The largest absolute Gasteiger partial charge is 0.336 e. The van der Waals surface area contributed by atoms with Crippen molar-refractivity contribution in [3.8, 4) is 0 Å². The molecule has 1 aromatic carbocycles. The lowest BCUT2D eigenvalue weighted by atomic mass is 10.1. The summed E-state index contributed by atoms with van der Waals surface area (Å²) in [5.41, 5.74) is 0.521. The van der Waals surface area contributed by atoms with Crippen LogP contribution in [0.25, 0.3) is 0 Å². The molecule has 0 saturated heterocycles. The molecule has 0 fully saturated rings. The summed E-state index contributed by atoms with van der Waals surface area (Å²) in [6.07, 6.45) is 3.87. The smallest absolute Gasteiger partial charge is 0.212 e. The molecular weight excluding hydrogens is 317 g/mol. The Morgan fingerprint density at radius 1 is 1.35 bits per heavy atom. The molecule has 0 bridgehead atoms. The van der Waals surface area contributed by atoms with Crippen molar-refractivity contribution >= 4 is 10.0 Å². The standard InChI is InChI=1S/C16H22FN3O2S/c1-12(2)7-10-23(21,22)19-15(16-18-8-9-20(16)3)13-5-4-6-14(17)11-13/h4-6,8-9,11-12,15,19H,7,10H2,1-3H3. The molecule has 23 heavy (non-hydrogen) atoms. The summed E-state index contributed by atoms with van der Waals surface area (Å²) in [5, 5.41) is 0. The van der Waals surface area contributed by atoms with Crippen molar-refractivity contribution < 1.29 is 12.8 Å². The van der Waals surface area contributed by atoms with Crippen LogP contribution in [0.3, 0.4) is 0 Å². The summed E-state index contributed by atoms with van der Waals surface area (Å²) in [6.45, 7) is 3.94. The molecule has 1 N–H and O–H groups in total. The number of rotatable bonds is 7. The van der Waals surface area contributed by atoms with Gasteiger partial charge in [-0.25, -0.2) is 22.5 Å². The van der Waals surface area contributed by atoms with Crippen LogP contribution >= 0.6 is 0 Å². The van der Waals surface area contributed by atoms with Gasteiger partial charge in [-0.05, 0) is 30.0 Å². The van der Waals surface area contributed by atoms with Crippen LogP contribution in [0.4, 0.5) is 4.39 Å². The molecule has 2 rings (SSSR count). The second kappa shape index (κ2) is 7.23. The maximum absolute atomic E-state index is 13.6. The van der Waals surface area contributed by atoms with Crippen molar-refractivity contribution in [2.75, 3.05) is 5.75 Å². The van der Waals surface area contributed by atoms with Crippen molar-refractivity contribution in [3.63, 3.8) is 0 Å². The number of sulfonamides is 1. The molecule has 0 aliphatic heterocycles. The van der Waals surface area contributed by atoms with Crippen LogP contribution in [0.15, 0.2) is 36.7 Å². The number of nitrogens with zero attached hydrogens (tertiary/aromatic N) is 2. The SMILES string of the molecule is CC(C)CCS(=O)(=O)NC(c1cccc(F)c1)c1nccn1C. The monoisotopic (exact) mass is 339 g/mol. The highest BCUT2D eigenvalue weighted by atomic mass is 32.2. The lowest BCUT2D eigenvalue weighted by Gasteiger charge is -2.19. The minimum atomic E-state index is -3.51. The first kappa shape index (κ1) is 17.6. The summed E-state index contributed by atoms with van der Waals surface area (Å²) in [7, 11) is -1.73. The van der Waals surface area contributed by atoms with Gasteiger partial charge in [0.15, 0.2) is 0 Å². The maximum Gasteiger partial charge on any atom is 0.212 e. The van der Waals surface area contributed by atoms with Gasteiger partial charge >= 0.3 is 0 Å². The second-order valence-electron chi connectivity index (χ2n) is 6.00. The van der Waals surface area contributed by atoms with Crippen molar-refractivity contribution in [3.05, 3.63) is 53.9 Å². The Kier molecular flexibility index (Phi) is 5.54. The van der Waals surface area contributed by atoms with Crippen LogP contribution in [0.2, 0.25) is 0 Å². The molecule has 0 aliphatic rings. The first-order chi connectivity index (χ1) is 10.8. The number of hydrogen-bond donors (Lipinski definition) is 1. The van der Waals surface area contributed by atoms with E-state index in [9.17, 15) is 12.8 Å². The van der Waals surface area contributed by atoms with Crippen LogP contribution in [0.5, 0.6) is 0 Å². The van der Waals surface area contributed by atoms with Crippen molar-refractivity contribution in [1.82, 2.24) is 14.3 Å². The third-order valence-electron chi connectivity index (χ3n) is 3.56. The summed E-state index contributed by atoms with van der Waals surface area (Å²) < 4.78 is 42.7. The van der Waals surface area contributed by atoms with Crippen LogP contribution in [-0.2, 0) is 17.1 Å². The average Bonchev–Trinajstić information content (AvgIpc) is 2.89. The van der Waals surface area contributed by atoms with Gasteiger partial charge in [0.1, 0.15) is 17.7 Å². The highest BCUT2D eigenvalue weighted by molar-refractivity contribution is 7.89. The lowest BCUT2D eigenvalue weighted by Crippen LogP contribution is -2.33. The third kappa shape index (κ3) is 4.87. The van der Waals surface area contributed by atoms with Crippen molar-refractivity contribution in [1.29, 1.82) is 0 Å². The van der Waals surface area contributed by atoms with Gasteiger partial charge in [-0.3, -0.25) is 0 Å². The highest BCUT2D eigenvalue weighted by Crippen LogP contribution is 2.22. The molecule has 0 aliphatic carbocycles. The van der Waals surface area contributed by atoms with Gasteiger partial charge in [0.05, 0.1) is 5.75 Å². The van der Waals surface area contributed by atoms with Gasteiger partial charge in [-0.1, -0.05) is 26.0 Å². The molecule has 0 radical (unpaired) electrons. The van der Waals surface area contributed by atoms with E-state index in [0.29, 0.717) is 17.8 Å². The zero-order valence-corrected chi connectivity index (χ0v) is 14.3. The summed E-state index contributed by atoms with van der Waals surface area (Å²) in [4.78, 5) is 4.22. The van der Waals surface area contributed by atoms with E-state index in [1.54, 1.807) is 36.1 Å². The Morgan fingerprint density at radius 3 is 2.65 bits per heavy atom. The lowest BCUT2D eigenvalue weighted by molar-refractivity contribution is 0.546. The van der Waals surface area contributed by atoms with E-state index in [-0.39, 0.29) is 11.7 Å². The third-order valence-corrected chi connectivity index (χ3v) is 4.93. The fourth-order valence-corrected chi connectivity index (χ4v) is 3.74. The normalized spacial score (nSPS) is 13.4. The van der Waals surface area contributed by atoms with Crippen LogP contribution in [0.1, 0.15) is 37.7 Å². The van der Waals surface area contributed by atoms with E-state index in [1.807, 2.05) is 13.8 Å². The van der Waals surface area contributed by atoms with Crippen molar-refractivity contribution in [2.24, 2.45) is 13.0 Å². The quantitative estimate of drug-likeness (QED) is 0.843. The maximum atomic E-state index is 13.6. The van der Waals surface area contributed by atoms with Crippen LogP contribution in [0, 0.1) is 11.7 Å². The Balaban J connectivity index is 2.34. The number of nitrogens with one attached hydrogen (secondary N) is 1. The molecule has 0 amide bonds. The molecule has 2 aromatic rings. The molecular formula is C16H22FN3O2S. The second-order valence-corrected chi connectivity index (χ2v) is 7.88. The van der Waals surface area contributed by atoms with Gasteiger partial charge < -0.3 is 4.57 Å². The van der Waals surface area contributed by atoms with E-state index >= 15 is 0 Å². The molecule has 7 heteroatoms. The van der Waals surface area contributed by atoms with E-state index < -0.39 is 21.9 Å². The molecule has 5 nitrogen and oxygen atoms in total. The first-order valence-corrected chi connectivity index (χ1v) is 9.16. The minimum Gasteiger partial charge on any atom is -0.336 e. The summed E-state index contributed by atoms with van der Waals surface area (Å²) in [6, 6.07) is 5.18. The van der Waals surface area contributed by atoms with Gasteiger partial charge in [0.25, 0.3) is 0 Å². The average molecular weight is 339 g/mol. The Hall–Kier alpha value is -1.73. The molecule has 1 atom stereocenters. The van der Waals surface area contributed by atoms with Crippen LogP contribution < -0.4 is 4.72 Å². The molecule has 0 spiro atoms. The molecule has 1 unspecified atom stereocenters. The Labute approximate surface area is 136 Å². The van der Waals surface area contributed by atoms with Gasteiger partial charge in [0, 0.05) is 19.4 Å². The fraction of sp³-hybridized carbons (Fsp3) is 0.438. The van der Waals surface area contributed by atoms with E-state index in [0.717, 1.165) is 0 Å². The number of aryl methyl sites for hydroxylation is 1. The number of imidazole rings is 1. The highest BCUT2D eigenvalue weighted by Gasteiger charge is 2.24. The molecule has 0 saturated carbocycles. The number of aromatic nitrogens is 2. The Bertz CT molecular complexity index is 756. The van der Waals surface area contributed by atoms with E-state index in [1.165, 1.54) is 12.1 Å². The first-order valence-electron chi connectivity index (χ1n) is 7.51. The number of benzene rings is 1. The van der Waals surface area contributed by atoms with E-state index in [2.05, 4.69) is 9.71 Å². The van der Waals surface area contributed by atoms with Crippen molar-refractivity contribution in [2.45, 2.75) is 26.3 Å². The Morgan fingerprint density at radius 2 is 2.09 bits per heavy atom. The number of halogens is 1. The van der Waals surface area contributed by atoms with Gasteiger partial charge in [-0.2, -0.15) is 0 Å². The van der Waals surface area contributed by atoms with Gasteiger partial charge in [0.2, 0.25) is 10.0 Å². The molecule has 126 valence electrons. The summed E-state index contributed by atoms with van der Waals surface area (Å²) in [5.74, 6) is 0.417. The van der Waals surface area contributed by atoms with Gasteiger partial charge in [-0.15, -0.1) is 0 Å². The van der Waals surface area contributed by atoms with E-state index in [4.69, 9.17) is 0 Å². The predicted octanol–water partition coefficient (Wildman–Crippen LogP) is 2.61. The fourth-order valence-electron chi connectivity index (χ4n) is 2.24. The number of hydrogen-bond acceptors (Lipinski definition) is 3. The minimum absolute atomic E-state index is 0.0287. The van der Waals surface area contributed by atoms with Crippen LogP contribution in [-0.4, -0.2) is 23.7 Å².